The SMILES string of the molecule is CCN1Cc2c(cccc2-c2ccccc2)CC1C.Cl. The van der Waals surface area contributed by atoms with Crippen molar-refractivity contribution in [3.05, 3.63) is 59.7 Å². The van der Waals surface area contributed by atoms with Crippen LogP contribution < -0.4 is 0 Å². The summed E-state index contributed by atoms with van der Waals surface area (Å²) in [4.78, 5) is 2.56. The van der Waals surface area contributed by atoms with Gasteiger partial charge in [0.25, 0.3) is 0 Å². The van der Waals surface area contributed by atoms with Crippen molar-refractivity contribution in [1.82, 2.24) is 4.90 Å². The fourth-order valence-corrected chi connectivity index (χ4v) is 3.13. The maximum Gasteiger partial charge on any atom is 0.0245 e. The predicted molar refractivity (Wildman–Crippen MR) is 88.4 cm³/mol. The molecule has 1 heterocycles. The summed E-state index contributed by atoms with van der Waals surface area (Å²) in [6.07, 6.45) is 1.17. The monoisotopic (exact) mass is 287 g/mol. The Morgan fingerprint density at radius 2 is 1.80 bits per heavy atom. The molecule has 0 N–H and O–H groups in total. The fraction of sp³-hybridized carbons (Fsp3) is 0.333. The first-order valence-corrected chi connectivity index (χ1v) is 7.20. The third-order valence-corrected chi connectivity index (χ3v) is 4.26. The molecule has 1 aliphatic heterocycles. The Kier molecular flexibility index (Phi) is 4.85. The Morgan fingerprint density at radius 3 is 2.50 bits per heavy atom. The predicted octanol–water partition coefficient (Wildman–Crippen LogP) is 4.54. The fourth-order valence-electron chi connectivity index (χ4n) is 3.13. The molecule has 0 bridgehead atoms. The van der Waals surface area contributed by atoms with Crippen molar-refractivity contribution in [3.63, 3.8) is 0 Å². The summed E-state index contributed by atoms with van der Waals surface area (Å²) in [5, 5.41) is 0. The van der Waals surface area contributed by atoms with E-state index in [2.05, 4.69) is 67.3 Å². The van der Waals surface area contributed by atoms with Crippen LogP contribution in [0.25, 0.3) is 11.1 Å². The maximum absolute atomic E-state index is 2.56. The highest BCUT2D eigenvalue weighted by Gasteiger charge is 2.23. The summed E-state index contributed by atoms with van der Waals surface area (Å²) in [5.41, 5.74) is 5.79. The van der Waals surface area contributed by atoms with Crippen LogP contribution in [-0.4, -0.2) is 17.5 Å². The van der Waals surface area contributed by atoms with Crippen molar-refractivity contribution in [2.24, 2.45) is 0 Å². The van der Waals surface area contributed by atoms with Crippen molar-refractivity contribution in [3.8, 4) is 11.1 Å². The number of hydrogen-bond acceptors (Lipinski definition) is 1. The zero-order chi connectivity index (χ0) is 13.2. The molecule has 2 aromatic carbocycles. The number of benzene rings is 2. The van der Waals surface area contributed by atoms with Crippen LogP contribution in [0.15, 0.2) is 48.5 Å². The van der Waals surface area contributed by atoms with Crippen LogP contribution in [0.5, 0.6) is 0 Å². The Morgan fingerprint density at radius 1 is 1.05 bits per heavy atom. The van der Waals surface area contributed by atoms with Gasteiger partial charge in [-0.3, -0.25) is 4.90 Å². The van der Waals surface area contributed by atoms with Gasteiger partial charge in [0.1, 0.15) is 0 Å². The molecule has 0 spiro atoms. The Balaban J connectivity index is 0.00000147. The molecule has 0 aromatic heterocycles. The number of hydrogen-bond donors (Lipinski definition) is 0. The standard InChI is InChI=1S/C18H21N.ClH/c1-3-19-13-18-16(12-14(19)2)10-7-11-17(18)15-8-5-4-6-9-15;/h4-11,14H,3,12-13H2,1-2H3;1H. The zero-order valence-electron chi connectivity index (χ0n) is 12.2. The zero-order valence-corrected chi connectivity index (χ0v) is 13.0. The lowest BCUT2D eigenvalue weighted by atomic mass is 9.88. The number of nitrogens with zero attached hydrogens (tertiary/aromatic N) is 1. The molecule has 0 saturated heterocycles. The second kappa shape index (κ2) is 6.43. The maximum atomic E-state index is 2.56. The lowest BCUT2D eigenvalue weighted by Crippen LogP contribution is -2.38. The van der Waals surface area contributed by atoms with E-state index in [0.29, 0.717) is 6.04 Å². The van der Waals surface area contributed by atoms with Gasteiger partial charge in [0.15, 0.2) is 0 Å². The minimum Gasteiger partial charge on any atom is -0.296 e. The minimum absolute atomic E-state index is 0. The first-order valence-electron chi connectivity index (χ1n) is 7.20. The summed E-state index contributed by atoms with van der Waals surface area (Å²) in [5.74, 6) is 0. The van der Waals surface area contributed by atoms with Crippen LogP contribution in [0.4, 0.5) is 0 Å². The van der Waals surface area contributed by atoms with Crippen LogP contribution in [-0.2, 0) is 13.0 Å². The highest BCUT2D eigenvalue weighted by atomic mass is 35.5. The molecule has 2 aromatic rings. The topological polar surface area (TPSA) is 3.24 Å². The number of likely N-dealkylation sites (N-methyl/N-ethyl adjacent to an activating group) is 1. The van der Waals surface area contributed by atoms with E-state index in [4.69, 9.17) is 0 Å². The van der Waals surface area contributed by atoms with Gasteiger partial charge in [0, 0.05) is 12.6 Å². The first kappa shape index (κ1) is 15.1. The number of rotatable bonds is 2. The first-order chi connectivity index (χ1) is 9.29. The molecule has 0 fully saturated rings. The van der Waals surface area contributed by atoms with Crippen molar-refractivity contribution < 1.29 is 0 Å². The van der Waals surface area contributed by atoms with Crippen molar-refractivity contribution in [2.75, 3.05) is 6.54 Å². The van der Waals surface area contributed by atoms with Gasteiger partial charge in [-0.25, -0.2) is 0 Å². The smallest absolute Gasteiger partial charge is 0.0245 e. The molecule has 0 amide bonds. The van der Waals surface area contributed by atoms with Gasteiger partial charge in [-0.05, 0) is 42.1 Å². The highest BCUT2D eigenvalue weighted by Crippen LogP contribution is 2.32. The summed E-state index contributed by atoms with van der Waals surface area (Å²) < 4.78 is 0. The van der Waals surface area contributed by atoms with Gasteiger partial charge in [-0.15, -0.1) is 12.4 Å². The molecule has 0 radical (unpaired) electrons. The van der Waals surface area contributed by atoms with Crippen molar-refractivity contribution >= 4 is 12.4 Å². The van der Waals surface area contributed by atoms with Gasteiger partial charge in [0.05, 0.1) is 0 Å². The molecule has 1 unspecified atom stereocenters. The lowest BCUT2D eigenvalue weighted by Gasteiger charge is -2.35. The molecular weight excluding hydrogens is 266 g/mol. The third-order valence-electron chi connectivity index (χ3n) is 4.26. The molecule has 0 saturated carbocycles. The second-order valence-electron chi connectivity index (χ2n) is 5.43. The molecular formula is C18H22ClN. The molecule has 1 aliphatic rings. The minimum atomic E-state index is 0. The van der Waals surface area contributed by atoms with Crippen LogP contribution in [0.2, 0.25) is 0 Å². The van der Waals surface area contributed by atoms with E-state index in [0.717, 1.165) is 13.1 Å². The molecule has 2 heteroatoms. The summed E-state index contributed by atoms with van der Waals surface area (Å²) in [6, 6.07) is 18.2. The molecule has 20 heavy (non-hydrogen) atoms. The number of halogens is 1. The third kappa shape index (κ3) is 2.74. The summed E-state index contributed by atoms with van der Waals surface area (Å²) in [7, 11) is 0. The highest BCUT2D eigenvalue weighted by molar-refractivity contribution is 5.85. The van der Waals surface area contributed by atoms with Crippen molar-refractivity contribution in [2.45, 2.75) is 32.9 Å². The van der Waals surface area contributed by atoms with Crippen LogP contribution in [0, 0.1) is 0 Å². The molecule has 1 nitrogen and oxygen atoms in total. The molecule has 106 valence electrons. The van der Waals surface area contributed by atoms with Gasteiger partial charge in [-0.1, -0.05) is 55.5 Å². The Labute approximate surface area is 128 Å². The Bertz CT molecular complexity index is 565. The second-order valence-corrected chi connectivity index (χ2v) is 5.43. The van der Waals surface area contributed by atoms with Crippen LogP contribution >= 0.6 is 12.4 Å². The summed E-state index contributed by atoms with van der Waals surface area (Å²) in [6.45, 7) is 6.80. The van der Waals surface area contributed by atoms with E-state index < -0.39 is 0 Å². The van der Waals surface area contributed by atoms with E-state index in [1.54, 1.807) is 0 Å². The quantitative estimate of drug-likeness (QED) is 0.784. The van der Waals surface area contributed by atoms with E-state index in [9.17, 15) is 0 Å². The average Bonchev–Trinajstić information content (AvgIpc) is 2.46. The van der Waals surface area contributed by atoms with E-state index in [-0.39, 0.29) is 12.4 Å². The lowest BCUT2D eigenvalue weighted by molar-refractivity contribution is 0.195. The van der Waals surface area contributed by atoms with Gasteiger partial charge in [-0.2, -0.15) is 0 Å². The largest absolute Gasteiger partial charge is 0.296 e. The van der Waals surface area contributed by atoms with Crippen LogP contribution in [0.1, 0.15) is 25.0 Å². The normalized spacial score (nSPS) is 18.2. The van der Waals surface area contributed by atoms with Crippen LogP contribution in [0.3, 0.4) is 0 Å². The number of fused-ring (bicyclic) bond motifs is 1. The van der Waals surface area contributed by atoms with Gasteiger partial charge >= 0.3 is 0 Å². The summed E-state index contributed by atoms with van der Waals surface area (Å²) >= 11 is 0. The van der Waals surface area contributed by atoms with E-state index in [1.165, 1.54) is 28.7 Å². The van der Waals surface area contributed by atoms with E-state index in [1.807, 2.05) is 0 Å². The molecule has 1 atom stereocenters. The van der Waals surface area contributed by atoms with Gasteiger partial charge < -0.3 is 0 Å². The van der Waals surface area contributed by atoms with E-state index >= 15 is 0 Å². The van der Waals surface area contributed by atoms with Crippen molar-refractivity contribution in [1.29, 1.82) is 0 Å². The molecule has 3 rings (SSSR count). The molecule has 0 aliphatic carbocycles. The Hall–Kier alpha value is -1.31. The average molecular weight is 288 g/mol. The van der Waals surface area contributed by atoms with Gasteiger partial charge in [0.2, 0.25) is 0 Å².